The van der Waals surface area contributed by atoms with Gasteiger partial charge in [-0.15, -0.1) is 0 Å². The zero-order valence-electron chi connectivity index (χ0n) is 11.1. The molecule has 2 rings (SSSR count). The summed E-state index contributed by atoms with van der Waals surface area (Å²) in [7, 11) is 1.29. The van der Waals surface area contributed by atoms with E-state index in [0.717, 1.165) is 0 Å². The molecule has 1 aromatic carbocycles. The first kappa shape index (κ1) is 13.7. The summed E-state index contributed by atoms with van der Waals surface area (Å²) in [6, 6.07) is 6.10. The van der Waals surface area contributed by atoms with Gasteiger partial charge in [-0.25, -0.2) is 14.5 Å². The molecule has 104 valence electrons. The fourth-order valence-corrected chi connectivity index (χ4v) is 1.65. The maximum Gasteiger partial charge on any atom is 0.339 e. The summed E-state index contributed by atoms with van der Waals surface area (Å²) in [4.78, 5) is 27.5. The van der Waals surface area contributed by atoms with Gasteiger partial charge in [0.05, 0.1) is 18.4 Å². The second-order valence-corrected chi connectivity index (χ2v) is 4.08. The molecule has 1 atom stereocenters. The Morgan fingerprint density at radius 2 is 2.10 bits per heavy atom. The monoisotopic (exact) mass is 274 g/mol. The Hall–Kier alpha value is -2.70. The molecule has 1 N–H and O–H groups in total. The molecule has 0 spiro atoms. The van der Waals surface area contributed by atoms with Gasteiger partial charge in [-0.3, -0.25) is 4.79 Å². The summed E-state index contributed by atoms with van der Waals surface area (Å²) in [6.45, 7) is 1.69. The Labute approximate surface area is 115 Å². The minimum atomic E-state index is -0.539. The predicted molar refractivity (Wildman–Crippen MR) is 71.1 cm³/mol. The van der Waals surface area contributed by atoms with E-state index in [2.05, 4.69) is 20.1 Å². The first-order valence-corrected chi connectivity index (χ1v) is 5.95. The average molecular weight is 274 g/mol. The van der Waals surface area contributed by atoms with Crippen LogP contribution in [0.3, 0.4) is 0 Å². The molecular weight excluding hydrogens is 260 g/mol. The fourth-order valence-electron chi connectivity index (χ4n) is 1.65. The zero-order chi connectivity index (χ0) is 14.5. The molecule has 2 aromatic rings. The number of amides is 1. The van der Waals surface area contributed by atoms with Gasteiger partial charge in [0.25, 0.3) is 0 Å². The molecule has 1 amide bonds. The normalized spacial score (nSPS) is 11.7. The van der Waals surface area contributed by atoms with Gasteiger partial charge in [-0.05, 0) is 19.1 Å². The number of ether oxygens (including phenoxy) is 1. The largest absolute Gasteiger partial charge is 0.465 e. The lowest BCUT2D eigenvalue weighted by Crippen LogP contribution is -2.25. The standard InChI is InChI=1S/C13H14N4O3/c1-9(17-8-14-7-15-17)12(18)16-11-6-4-3-5-10(11)13(19)20-2/h3-9H,1-2H3,(H,16,18). The Bertz CT molecular complexity index is 610. The third-order valence-electron chi connectivity index (χ3n) is 2.80. The number of carbonyl (C=O) groups excluding carboxylic acids is 2. The van der Waals surface area contributed by atoms with Gasteiger partial charge in [-0.2, -0.15) is 5.10 Å². The van der Waals surface area contributed by atoms with Gasteiger partial charge in [0.15, 0.2) is 0 Å². The maximum absolute atomic E-state index is 12.1. The van der Waals surface area contributed by atoms with Crippen molar-refractivity contribution in [2.75, 3.05) is 12.4 Å². The van der Waals surface area contributed by atoms with Crippen molar-refractivity contribution in [1.82, 2.24) is 14.8 Å². The van der Waals surface area contributed by atoms with Crippen LogP contribution in [-0.4, -0.2) is 33.8 Å². The number of aromatic nitrogens is 3. The van der Waals surface area contributed by atoms with Crippen LogP contribution < -0.4 is 5.32 Å². The highest BCUT2D eigenvalue weighted by molar-refractivity contribution is 6.02. The molecule has 0 aliphatic carbocycles. The van der Waals surface area contributed by atoms with Gasteiger partial charge >= 0.3 is 5.97 Å². The maximum atomic E-state index is 12.1. The molecule has 0 saturated heterocycles. The molecule has 0 saturated carbocycles. The number of nitrogens with one attached hydrogen (secondary N) is 1. The van der Waals surface area contributed by atoms with E-state index >= 15 is 0 Å². The molecule has 1 heterocycles. The van der Waals surface area contributed by atoms with E-state index in [-0.39, 0.29) is 5.91 Å². The molecule has 0 fully saturated rings. The van der Waals surface area contributed by atoms with E-state index in [0.29, 0.717) is 11.3 Å². The summed E-state index contributed by atoms with van der Waals surface area (Å²) in [5.41, 5.74) is 0.699. The quantitative estimate of drug-likeness (QED) is 0.848. The minimum Gasteiger partial charge on any atom is -0.465 e. The Kier molecular flexibility index (Phi) is 4.09. The number of hydrogen-bond acceptors (Lipinski definition) is 5. The number of para-hydroxylation sites is 1. The van der Waals surface area contributed by atoms with Crippen molar-refractivity contribution in [3.05, 3.63) is 42.5 Å². The fraction of sp³-hybridized carbons (Fsp3) is 0.231. The van der Waals surface area contributed by atoms with Crippen molar-refractivity contribution in [1.29, 1.82) is 0 Å². The van der Waals surface area contributed by atoms with Crippen LogP contribution in [0.15, 0.2) is 36.9 Å². The van der Waals surface area contributed by atoms with Gasteiger partial charge in [0, 0.05) is 0 Å². The molecular formula is C13H14N4O3. The van der Waals surface area contributed by atoms with Gasteiger partial charge in [-0.1, -0.05) is 12.1 Å². The van der Waals surface area contributed by atoms with Crippen LogP contribution in [-0.2, 0) is 9.53 Å². The van der Waals surface area contributed by atoms with Crippen LogP contribution in [0.25, 0.3) is 0 Å². The number of methoxy groups -OCH3 is 1. The molecule has 0 bridgehead atoms. The van der Waals surface area contributed by atoms with E-state index in [4.69, 9.17) is 0 Å². The van der Waals surface area contributed by atoms with E-state index in [1.165, 1.54) is 24.4 Å². The van der Waals surface area contributed by atoms with Crippen LogP contribution in [0.5, 0.6) is 0 Å². The summed E-state index contributed by atoms with van der Waals surface area (Å²) in [6.07, 6.45) is 2.81. The van der Waals surface area contributed by atoms with E-state index < -0.39 is 12.0 Å². The second kappa shape index (κ2) is 5.96. The van der Waals surface area contributed by atoms with Gasteiger partial charge in [0.2, 0.25) is 5.91 Å². The first-order valence-electron chi connectivity index (χ1n) is 5.95. The topological polar surface area (TPSA) is 86.1 Å². The SMILES string of the molecule is COC(=O)c1ccccc1NC(=O)C(C)n1cncn1. The molecule has 20 heavy (non-hydrogen) atoms. The van der Waals surface area contributed by atoms with Crippen molar-refractivity contribution in [3.8, 4) is 0 Å². The lowest BCUT2D eigenvalue weighted by atomic mass is 10.1. The van der Waals surface area contributed by atoms with Crippen molar-refractivity contribution >= 4 is 17.6 Å². The second-order valence-electron chi connectivity index (χ2n) is 4.08. The Morgan fingerprint density at radius 1 is 1.35 bits per heavy atom. The zero-order valence-corrected chi connectivity index (χ0v) is 11.1. The number of rotatable bonds is 4. The average Bonchev–Trinajstić information content (AvgIpc) is 3.00. The lowest BCUT2D eigenvalue weighted by Gasteiger charge is -2.14. The van der Waals surface area contributed by atoms with Gasteiger partial charge in [0.1, 0.15) is 18.7 Å². The van der Waals surface area contributed by atoms with Crippen molar-refractivity contribution < 1.29 is 14.3 Å². The summed E-state index contributed by atoms with van der Waals surface area (Å²) < 4.78 is 6.10. The number of anilines is 1. The highest BCUT2D eigenvalue weighted by Gasteiger charge is 2.18. The molecule has 7 nitrogen and oxygen atoms in total. The Morgan fingerprint density at radius 3 is 2.75 bits per heavy atom. The third kappa shape index (κ3) is 2.82. The number of nitrogens with zero attached hydrogens (tertiary/aromatic N) is 3. The molecule has 0 aliphatic rings. The number of esters is 1. The van der Waals surface area contributed by atoms with Crippen LogP contribution in [0.2, 0.25) is 0 Å². The number of benzene rings is 1. The summed E-state index contributed by atoms with van der Waals surface area (Å²) in [5.74, 6) is -0.804. The van der Waals surface area contributed by atoms with E-state index in [1.54, 1.807) is 31.2 Å². The molecule has 1 aromatic heterocycles. The molecule has 7 heteroatoms. The van der Waals surface area contributed by atoms with E-state index in [9.17, 15) is 9.59 Å². The van der Waals surface area contributed by atoms with Crippen LogP contribution in [0.1, 0.15) is 23.3 Å². The van der Waals surface area contributed by atoms with Crippen molar-refractivity contribution in [2.45, 2.75) is 13.0 Å². The molecule has 0 aliphatic heterocycles. The smallest absolute Gasteiger partial charge is 0.339 e. The number of hydrogen-bond donors (Lipinski definition) is 1. The van der Waals surface area contributed by atoms with Crippen molar-refractivity contribution in [2.24, 2.45) is 0 Å². The molecule has 1 unspecified atom stereocenters. The summed E-state index contributed by atoms with van der Waals surface area (Å²) in [5, 5.41) is 6.59. The molecule has 0 radical (unpaired) electrons. The number of carbonyl (C=O) groups is 2. The Balaban J connectivity index is 2.18. The third-order valence-corrected chi connectivity index (χ3v) is 2.80. The summed E-state index contributed by atoms with van der Waals surface area (Å²) >= 11 is 0. The minimum absolute atomic E-state index is 0.299. The lowest BCUT2D eigenvalue weighted by molar-refractivity contribution is -0.119. The predicted octanol–water partition coefficient (Wildman–Crippen LogP) is 1.26. The van der Waals surface area contributed by atoms with Crippen LogP contribution in [0.4, 0.5) is 5.69 Å². The van der Waals surface area contributed by atoms with E-state index in [1.807, 2.05) is 0 Å². The highest BCUT2D eigenvalue weighted by atomic mass is 16.5. The van der Waals surface area contributed by atoms with Crippen LogP contribution in [0, 0.1) is 0 Å². The van der Waals surface area contributed by atoms with Crippen LogP contribution >= 0.6 is 0 Å². The highest BCUT2D eigenvalue weighted by Crippen LogP contribution is 2.17. The van der Waals surface area contributed by atoms with Gasteiger partial charge < -0.3 is 10.1 Å². The first-order chi connectivity index (χ1) is 9.63. The van der Waals surface area contributed by atoms with Crippen molar-refractivity contribution in [3.63, 3.8) is 0 Å².